The Balaban J connectivity index is 1.03. The van der Waals surface area contributed by atoms with E-state index in [2.05, 4.69) is 37.6 Å². The number of nitrogens with one attached hydrogen (secondary N) is 2. The van der Waals surface area contributed by atoms with Gasteiger partial charge in [0.05, 0.1) is 11.2 Å². The predicted molar refractivity (Wildman–Crippen MR) is 184 cm³/mol. The Labute approximate surface area is 288 Å². The van der Waals surface area contributed by atoms with E-state index in [-0.39, 0.29) is 29.4 Å². The highest BCUT2D eigenvalue weighted by molar-refractivity contribution is 7.09. The van der Waals surface area contributed by atoms with E-state index in [0.717, 1.165) is 54.5 Å². The van der Waals surface area contributed by atoms with Crippen molar-refractivity contribution in [3.63, 3.8) is 0 Å². The standard InChI is InChI=1S/C36H39FN6O5S/c1-23-39-32(22-49-23)34(45)41-29-11-9-28(10-12-29)40-33(44)31-20-27(37)21-38-35(31)48-30-4-2-3-26(19-30)25-7-5-24(6-8-25)13-14-42-15-17-43(18-16-42)36(46)47/h2-8,19-22,28-29H,9-18H2,1H3,(H,40,44)(H,41,45)(H,46,47). The third-order valence-corrected chi connectivity index (χ3v) is 9.78. The largest absolute Gasteiger partial charge is 0.465 e. The fourth-order valence-corrected chi connectivity index (χ4v) is 6.80. The number of carbonyl (C=O) groups excluding carboxylic acids is 2. The highest BCUT2D eigenvalue weighted by atomic mass is 32.1. The summed E-state index contributed by atoms with van der Waals surface area (Å²) < 4.78 is 20.4. The van der Waals surface area contributed by atoms with Gasteiger partial charge in [0.2, 0.25) is 5.88 Å². The van der Waals surface area contributed by atoms with Crippen LogP contribution in [-0.4, -0.2) is 87.6 Å². The number of halogens is 1. The third kappa shape index (κ3) is 8.98. The van der Waals surface area contributed by atoms with E-state index in [1.54, 1.807) is 11.4 Å². The van der Waals surface area contributed by atoms with Crippen LogP contribution in [0.4, 0.5) is 9.18 Å². The lowest BCUT2D eigenvalue weighted by Gasteiger charge is -2.33. The van der Waals surface area contributed by atoms with Crippen LogP contribution in [0.1, 0.15) is 57.1 Å². The van der Waals surface area contributed by atoms with Gasteiger partial charge < -0.3 is 25.4 Å². The molecule has 0 radical (unpaired) electrons. The van der Waals surface area contributed by atoms with Crippen LogP contribution in [0.15, 0.2) is 66.2 Å². The minimum Gasteiger partial charge on any atom is -0.465 e. The number of benzene rings is 2. The van der Waals surface area contributed by atoms with Gasteiger partial charge >= 0.3 is 6.09 Å². The number of amides is 3. The number of piperazine rings is 1. The van der Waals surface area contributed by atoms with Gasteiger partial charge in [-0.1, -0.05) is 36.4 Å². The zero-order valence-corrected chi connectivity index (χ0v) is 28.0. The molecule has 6 rings (SSSR count). The van der Waals surface area contributed by atoms with Gasteiger partial charge in [0, 0.05) is 50.2 Å². The topological polar surface area (TPSA) is 137 Å². The van der Waals surface area contributed by atoms with Crippen LogP contribution in [0.25, 0.3) is 11.1 Å². The quantitative estimate of drug-likeness (QED) is 0.192. The average molecular weight is 687 g/mol. The van der Waals surface area contributed by atoms with Crippen molar-refractivity contribution in [2.24, 2.45) is 0 Å². The first-order chi connectivity index (χ1) is 23.7. The molecule has 1 aliphatic heterocycles. The first kappa shape index (κ1) is 34.0. The van der Waals surface area contributed by atoms with Crippen molar-refractivity contribution in [2.45, 2.75) is 51.1 Å². The van der Waals surface area contributed by atoms with E-state index >= 15 is 0 Å². The maximum Gasteiger partial charge on any atom is 0.407 e. The van der Waals surface area contributed by atoms with Crippen LogP contribution in [0.3, 0.4) is 0 Å². The van der Waals surface area contributed by atoms with Crippen LogP contribution >= 0.6 is 11.3 Å². The predicted octanol–water partition coefficient (Wildman–Crippen LogP) is 5.75. The lowest BCUT2D eigenvalue weighted by Crippen LogP contribution is -2.48. The minimum atomic E-state index is -0.860. The van der Waals surface area contributed by atoms with Gasteiger partial charge in [0.25, 0.3) is 11.8 Å². The Kier molecular flexibility index (Phi) is 10.8. The van der Waals surface area contributed by atoms with Gasteiger partial charge in [0.15, 0.2) is 0 Å². The molecule has 2 aromatic heterocycles. The molecule has 2 aromatic carbocycles. The number of carbonyl (C=O) groups is 3. The summed E-state index contributed by atoms with van der Waals surface area (Å²) in [5.74, 6) is -0.829. The number of aryl methyl sites for hydroxylation is 1. The second-order valence-electron chi connectivity index (χ2n) is 12.4. The molecule has 1 saturated carbocycles. The molecule has 2 fully saturated rings. The Hall–Kier alpha value is -4.88. The first-order valence-electron chi connectivity index (χ1n) is 16.5. The van der Waals surface area contributed by atoms with Gasteiger partial charge in [-0.2, -0.15) is 0 Å². The normalized spacial score (nSPS) is 18.1. The van der Waals surface area contributed by atoms with Crippen LogP contribution < -0.4 is 15.4 Å². The third-order valence-electron chi connectivity index (χ3n) is 9.01. The van der Waals surface area contributed by atoms with E-state index in [9.17, 15) is 18.8 Å². The van der Waals surface area contributed by atoms with Crippen LogP contribution in [0.5, 0.6) is 11.6 Å². The molecule has 3 N–H and O–H groups in total. The molecule has 0 spiro atoms. The van der Waals surface area contributed by atoms with Gasteiger partial charge in [-0.15, -0.1) is 11.3 Å². The number of carboxylic acid groups (broad SMARTS) is 1. The molecule has 49 heavy (non-hydrogen) atoms. The van der Waals surface area contributed by atoms with Crippen molar-refractivity contribution in [3.05, 3.63) is 93.8 Å². The molecule has 3 heterocycles. The molecule has 11 nitrogen and oxygen atoms in total. The van der Waals surface area contributed by atoms with Crippen LogP contribution in [-0.2, 0) is 6.42 Å². The summed E-state index contributed by atoms with van der Waals surface area (Å²) in [5, 5.41) is 17.8. The molecule has 4 aromatic rings. The number of aromatic nitrogens is 2. The number of nitrogens with zero attached hydrogens (tertiary/aromatic N) is 4. The Morgan fingerprint density at radius 1 is 0.939 bits per heavy atom. The summed E-state index contributed by atoms with van der Waals surface area (Å²) in [6.07, 6.45) is 3.75. The fraction of sp³-hybridized carbons (Fsp3) is 0.361. The van der Waals surface area contributed by atoms with Crippen molar-refractivity contribution in [1.82, 2.24) is 30.4 Å². The number of pyridine rings is 1. The van der Waals surface area contributed by atoms with Crippen molar-refractivity contribution in [1.29, 1.82) is 0 Å². The average Bonchev–Trinajstić information content (AvgIpc) is 3.56. The molecule has 2 aliphatic rings. The van der Waals surface area contributed by atoms with Crippen molar-refractivity contribution in [2.75, 3.05) is 32.7 Å². The summed E-state index contributed by atoms with van der Waals surface area (Å²) in [5.41, 5.74) is 3.52. The SMILES string of the molecule is Cc1nc(C(=O)NC2CCC(NC(=O)c3cc(F)cnc3Oc3cccc(-c4ccc(CCN5CCN(C(=O)O)CC5)cc4)c3)CC2)cs1. The maximum atomic E-state index is 14.3. The van der Waals surface area contributed by atoms with Crippen LogP contribution in [0.2, 0.25) is 0 Å². The zero-order valence-electron chi connectivity index (χ0n) is 27.2. The van der Waals surface area contributed by atoms with Crippen molar-refractivity contribution in [3.8, 4) is 22.8 Å². The Morgan fingerprint density at radius 2 is 1.63 bits per heavy atom. The minimum absolute atomic E-state index is 0.00532. The molecule has 1 saturated heterocycles. The van der Waals surface area contributed by atoms with Gasteiger partial charge in [-0.25, -0.2) is 19.2 Å². The van der Waals surface area contributed by atoms with Gasteiger partial charge in [-0.05, 0) is 73.9 Å². The number of rotatable bonds is 10. The molecule has 256 valence electrons. The highest BCUT2D eigenvalue weighted by Gasteiger charge is 2.26. The molecular weight excluding hydrogens is 647 g/mol. The van der Waals surface area contributed by atoms with E-state index in [1.807, 2.05) is 37.3 Å². The highest BCUT2D eigenvalue weighted by Crippen LogP contribution is 2.29. The smallest absolute Gasteiger partial charge is 0.407 e. The van der Waals surface area contributed by atoms with Crippen molar-refractivity contribution < 1.29 is 28.6 Å². The summed E-state index contributed by atoms with van der Waals surface area (Å²) >= 11 is 1.43. The molecular formula is C36H39FN6O5S. The van der Waals surface area contributed by atoms with E-state index in [4.69, 9.17) is 9.84 Å². The van der Waals surface area contributed by atoms with E-state index < -0.39 is 17.8 Å². The molecule has 13 heteroatoms. The number of ether oxygens (including phenoxy) is 1. The van der Waals surface area contributed by atoms with Gasteiger partial charge in [-0.3, -0.25) is 14.5 Å². The van der Waals surface area contributed by atoms with Crippen LogP contribution in [0, 0.1) is 12.7 Å². The van der Waals surface area contributed by atoms with Crippen molar-refractivity contribution >= 4 is 29.2 Å². The number of hydrogen-bond donors (Lipinski definition) is 3. The summed E-state index contributed by atoms with van der Waals surface area (Å²) in [6, 6.07) is 16.7. The lowest BCUT2D eigenvalue weighted by atomic mass is 9.91. The number of thiazole rings is 1. The molecule has 0 unspecified atom stereocenters. The van der Waals surface area contributed by atoms with Gasteiger partial charge in [0.1, 0.15) is 22.8 Å². The first-order valence-corrected chi connectivity index (χ1v) is 17.3. The monoisotopic (exact) mass is 686 g/mol. The lowest BCUT2D eigenvalue weighted by molar-refractivity contribution is 0.0888. The van der Waals surface area contributed by atoms with E-state index in [0.29, 0.717) is 50.2 Å². The Bertz CT molecular complexity index is 1780. The summed E-state index contributed by atoms with van der Waals surface area (Å²) in [6.45, 7) is 5.26. The molecule has 0 atom stereocenters. The molecule has 1 aliphatic carbocycles. The molecule has 3 amide bonds. The second-order valence-corrected chi connectivity index (χ2v) is 13.5. The zero-order chi connectivity index (χ0) is 34.3. The maximum absolute atomic E-state index is 14.3. The Morgan fingerprint density at radius 3 is 2.29 bits per heavy atom. The van der Waals surface area contributed by atoms with E-state index in [1.165, 1.54) is 21.8 Å². The summed E-state index contributed by atoms with van der Waals surface area (Å²) in [7, 11) is 0. The molecule has 0 bridgehead atoms. The number of hydrogen-bond acceptors (Lipinski definition) is 8. The summed E-state index contributed by atoms with van der Waals surface area (Å²) in [4.78, 5) is 49.1. The second kappa shape index (κ2) is 15.6. The fourth-order valence-electron chi connectivity index (χ4n) is 6.21.